The van der Waals surface area contributed by atoms with Gasteiger partial charge in [0.05, 0.1) is 6.04 Å². The molecule has 1 aliphatic rings. The van der Waals surface area contributed by atoms with E-state index < -0.39 is 0 Å². The number of rotatable bonds is 4. The van der Waals surface area contributed by atoms with Gasteiger partial charge in [0.2, 0.25) is 5.91 Å². The molecule has 82 valence electrons. The maximum absolute atomic E-state index is 11.1. The Morgan fingerprint density at radius 3 is 2.43 bits per heavy atom. The fourth-order valence-electron chi connectivity index (χ4n) is 1.76. The number of piperazine rings is 1. The highest BCUT2D eigenvalue weighted by Gasteiger charge is 2.25. The highest BCUT2D eigenvalue weighted by Crippen LogP contribution is 2.07. The monoisotopic (exact) mass is 201 g/mol. The molecule has 0 aromatic rings. The van der Waals surface area contributed by atoms with E-state index in [1.54, 1.807) is 0 Å². The number of hydrogen-bond donors (Lipinski definition) is 2. The molecular formula is C9H19N3O2. The Kier molecular flexibility index (Phi) is 4.31. The van der Waals surface area contributed by atoms with Crippen LogP contribution >= 0.6 is 0 Å². The van der Waals surface area contributed by atoms with E-state index in [1.165, 1.54) is 0 Å². The quantitative estimate of drug-likeness (QED) is 0.579. The van der Waals surface area contributed by atoms with Crippen LogP contribution < -0.4 is 5.73 Å². The van der Waals surface area contributed by atoms with Gasteiger partial charge >= 0.3 is 0 Å². The second-order valence-electron chi connectivity index (χ2n) is 3.77. The van der Waals surface area contributed by atoms with Crippen molar-refractivity contribution in [1.29, 1.82) is 0 Å². The molecule has 1 amide bonds. The number of aliphatic hydroxyl groups is 1. The Morgan fingerprint density at radius 1 is 1.43 bits per heavy atom. The van der Waals surface area contributed by atoms with Gasteiger partial charge in [-0.1, -0.05) is 0 Å². The third kappa shape index (κ3) is 2.94. The van der Waals surface area contributed by atoms with Crippen LogP contribution in [0.3, 0.4) is 0 Å². The molecule has 3 N–H and O–H groups in total. The van der Waals surface area contributed by atoms with Gasteiger partial charge in [0.25, 0.3) is 0 Å². The van der Waals surface area contributed by atoms with Crippen molar-refractivity contribution in [3.8, 4) is 0 Å². The molecule has 14 heavy (non-hydrogen) atoms. The Morgan fingerprint density at radius 2 is 2.00 bits per heavy atom. The molecule has 0 aromatic heterocycles. The van der Waals surface area contributed by atoms with Gasteiger partial charge in [0.1, 0.15) is 0 Å². The summed E-state index contributed by atoms with van der Waals surface area (Å²) in [5.74, 6) is -0.330. The molecule has 5 nitrogen and oxygen atoms in total. The van der Waals surface area contributed by atoms with Gasteiger partial charge in [-0.3, -0.25) is 9.69 Å². The zero-order chi connectivity index (χ0) is 10.6. The summed E-state index contributed by atoms with van der Waals surface area (Å²) in [6.45, 7) is 3.62. The summed E-state index contributed by atoms with van der Waals surface area (Å²) >= 11 is 0. The molecule has 0 saturated carbocycles. The minimum atomic E-state index is -0.330. The number of carbonyl (C=O) groups is 1. The smallest absolute Gasteiger partial charge is 0.234 e. The molecule has 0 bridgehead atoms. The molecule has 1 rings (SSSR count). The third-order valence-electron chi connectivity index (χ3n) is 2.71. The minimum absolute atomic E-state index is 0.0138. The molecule has 5 heteroatoms. The van der Waals surface area contributed by atoms with Gasteiger partial charge in [-0.15, -0.1) is 0 Å². The fraction of sp³-hybridized carbons (Fsp3) is 0.889. The largest absolute Gasteiger partial charge is 0.396 e. The lowest BCUT2D eigenvalue weighted by atomic mass is 10.1. The van der Waals surface area contributed by atoms with Crippen molar-refractivity contribution in [3.05, 3.63) is 0 Å². The number of likely N-dealkylation sites (N-methyl/N-ethyl adjacent to an activating group) is 1. The normalized spacial score (nSPS) is 22.1. The summed E-state index contributed by atoms with van der Waals surface area (Å²) < 4.78 is 0. The second kappa shape index (κ2) is 5.29. The fourth-order valence-corrected chi connectivity index (χ4v) is 1.76. The predicted octanol–water partition coefficient (Wildman–Crippen LogP) is -1.53. The first-order valence-electron chi connectivity index (χ1n) is 4.98. The van der Waals surface area contributed by atoms with Crippen LogP contribution in [0.4, 0.5) is 0 Å². The Hall–Kier alpha value is -0.650. The number of carbonyl (C=O) groups excluding carboxylic acids is 1. The summed E-state index contributed by atoms with van der Waals surface area (Å²) in [6.07, 6.45) is 0.443. The zero-order valence-corrected chi connectivity index (χ0v) is 8.65. The SMILES string of the molecule is CN1CCN([C@H](CCO)C(N)=O)CC1. The van der Waals surface area contributed by atoms with Crippen LogP contribution in [0.5, 0.6) is 0 Å². The number of hydrogen-bond acceptors (Lipinski definition) is 4. The maximum atomic E-state index is 11.1. The van der Waals surface area contributed by atoms with Crippen LogP contribution in [0.15, 0.2) is 0 Å². The molecular weight excluding hydrogens is 182 g/mol. The van der Waals surface area contributed by atoms with Crippen LogP contribution in [-0.4, -0.2) is 66.7 Å². The second-order valence-corrected chi connectivity index (χ2v) is 3.77. The number of nitrogens with zero attached hydrogens (tertiary/aromatic N) is 2. The van der Waals surface area contributed by atoms with Gasteiger partial charge in [0.15, 0.2) is 0 Å². The number of nitrogens with two attached hydrogens (primary N) is 1. The van der Waals surface area contributed by atoms with Crippen LogP contribution in [0.1, 0.15) is 6.42 Å². The lowest BCUT2D eigenvalue weighted by molar-refractivity contribution is -0.124. The molecule has 0 spiro atoms. The molecule has 1 heterocycles. The van der Waals surface area contributed by atoms with Crippen molar-refractivity contribution in [2.24, 2.45) is 5.73 Å². The average molecular weight is 201 g/mol. The van der Waals surface area contributed by atoms with Crippen LogP contribution in [0, 0.1) is 0 Å². The summed E-state index contributed by atoms with van der Waals surface area (Å²) in [4.78, 5) is 15.4. The molecule has 0 aliphatic carbocycles. The van der Waals surface area contributed by atoms with E-state index in [0.717, 1.165) is 26.2 Å². The van der Waals surface area contributed by atoms with E-state index in [0.29, 0.717) is 6.42 Å². The third-order valence-corrected chi connectivity index (χ3v) is 2.71. The molecule has 0 unspecified atom stereocenters. The van der Waals surface area contributed by atoms with Crippen LogP contribution in [-0.2, 0) is 4.79 Å². The molecule has 1 fully saturated rings. The topological polar surface area (TPSA) is 69.8 Å². The molecule has 0 aromatic carbocycles. The van der Waals surface area contributed by atoms with E-state index in [2.05, 4.69) is 16.8 Å². The zero-order valence-electron chi connectivity index (χ0n) is 8.65. The number of aliphatic hydroxyl groups excluding tert-OH is 1. The lowest BCUT2D eigenvalue weighted by Crippen LogP contribution is -2.53. The van der Waals surface area contributed by atoms with E-state index in [9.17, 15) is 4.79 Å². The molecule has 1 aliphatic heterocycles. The minimum Gasteiger partial charge on any atom is -0.396 e. The first kappa shape index (κ1) is 11.4. The highest BCUT2D eigenvalue weighted by molar-refractivity contribution is 5.79. The molecule has 0 radical (unpaired) electrons. The van der Waals surface area contributed by atoms with Crippen molar-refractivity contribution in [1.82, 2.24) is 9.80 Å². The van der Waals surface area contributed by atoms with E-state index in [1.807, 2.05) is 0 Å². The summed E-state index contributed by atoms with van der Waals surface area (Å²) in [6, 6.07) is -0.298. The first-order valence-corrected chi connectivity index (χ1v) is 4.98. The summed E-state index contributed by atoms with van der Waals surface area (Å²) in [5.41, 5.74) is 5.28. The maximum Gasteiger partial charge on any atom is 0.234 e. The van der Waals surface area contributed by atoms with Crippen LogP contribution in [0.25, 0.3) is 0 Å². The van der Waals surface area contributed by atoms with Crippen molar-refractivity contribution in [2.45, 2.75) is 12.5 Å². The summed E-state index contributed by atoms with van der Waals surface area (Å²) in [7, 11) is 2.06. The van der Waals surface area contributed by atoms with Crippen molar-refractivity contribution < 1.29 is 9.90 Å². The van der Waals surface area contributed by atoms with Gasteiger partial charge in [-0.05, 0) is 13.5 Å². The van der Waals surface area contributed by atoms with Gasteiger partial charge < -0.3 is 15.7 Å². The molecule has 1 atom stereocenters. The van der Waals surface area contributed by atoms with Crippen molar-refractivity contribution in [2.75, 3.05) is 39.8 Å². The summed E-state index contributed by atoms with van der Waals surface area (Å²) in [5, 5.41) is 8.82. The van der Waals surface area contributed by atoms with Gasteiger partial charge in [-0.2, -0.15) is 0 Å². The Balaban J connectivity index is 2.47. The first-order chi connectivity index (χ1) is 6.65. The van der Waals surface area contributed by atoms with E-state index >= 15 is 0 Å². The molecule has 1 saturated heterocycles. The van der Waals surface area contributed by atoms with Crippen molar-refractivity contribution >= 4 is 5.91 Å². The van der Waals surface area contributed by atoms with Gasteiger partial charge in [-0.25, -0.2) is 0 Å². The lowest BCUT2D eigenvalue weighted by Gasteiger charge is -2.36. The van der Waals surface area contributed by atoms with Crippen molar-refractivity contribution in [3.63, 3.8) is 0 Å². The highest BCUT2D eigenvalue weighted by atomic mass is 16.3. The number of primary amides is 1. The van der Waals surface area contributed by atoms with E-state index in [-0.39, 0.29) is 18.6 Å². The Labute approximate surface area is 84.5 Å². The van der Waals surface area contributed by atoms with Crippen LogP contribution in [0.2, 0.25) is 0 Å². The average Bonchev–Trinajstić information content (AvgIpc) is 2.15. The standard InChI is InChI=1S/C9H19N3O2/c1-11-3-5-12(6-4-11)8(2-7-13)9(10)14/h8,13H,2-7H2,1H3,(H2,10,14)/t8-/m1/s1. The predicted molar refractivity (Wildman–Crippen MR) is 53.8 cm³/mol. The van der Waals surface area contributed by atoms with Gasteiger partial charge in [0, 0.05) is 32.8 Å². The Bertz CT molecular complexity index is 190. The number of amides is 1. The van der Waals surface area contributed by atoms with E-state index in [4.69, 9.17) is 10.8 Å².